The van der Waals surface area contributed by atoms with E-state index in [1.54, 1.807) is 30.5 Å². The Morgan fingerprint density at radius 2 is 2.25 bits per heavy atom. The number of aromatic nitrogens is 2. The molecule has 0 saturated carbocycles. The molecule has 8 heteroatoms. The minimum atomic E-state index is -0.485. The van der Waals surface area contributed by atoms with Crippen molar-refractivity contribution in [3.8, 4) is 17.6 Å². The summed E-state index contributed by atoms with van der Waals surface area (Å²) in [5.74, 6) is 0.0894. The van der Waals surface area contributed by atoms with Crippen LogP contribution in [0.5, 0.6) is 11.5 Å². The van der Waals surface area contributed by atoms with E-state index in [1.165, 1.54) is 12.3 Å². The van der Waals surface area contributed by atoms with Crippen molar-refractivity contribution in [2.75, 3.05) is 5.32 Å². The highest BCUT2D eigenvalue weighted by Crippen LogP contribution is 2.29. The molecule has 0 radical (unpaired) electrons. The topological polar surface area (TPSA) is 70.8 Å². The minimum absolute atomic E-state index is 0.116. The van der Waals surface area contributed by atoms with Crippen LogP contribution in [-0.4, -0.2) is 9.36 Å². The quantitative estimate of drug-likeness (QED) is 0.719. The summed E-state index contributed by atoms with van der Waals surface area (Å²) in [6.07, 6.45) is 3.12. The highest BCUT2D eigenvalue weighted by atomic mass is 35.5. The normalized spacial score (nSPS) is 10.2. The molecular formula is C16H10ClFN4OS. The van der Waals surface area contributed by atoms with Crippen LogP contribution in [0.25, 0.3) is 0 Å². The van der Waals surface area contributed by atoms with Crippen molar-refractivity contribution < 1.29 is 9.13 Å². The van der Waals surface area contributed by atoms with E-state index in [1.807, 2.05) is 6.07 Å². The van der Waals surface area contributed by atoms with Crippen LogP contribution in [0.1, 0.15) is 11.1 Å². The van der Waals surface area contributed by atoms with Gasteiger partial charge in [-0.25, -0.2) is 4.39 Å². The number of hydrogen-bond acceptors (Lipinski definition) is 6. The molecule has 24 heavy (non-hydrogen) atoms. The summed E-state index contributed by atoms with van der Waals surface area (Å²) >= 11 is 6.89. The summed E-state index contributed by atoms with van der Waals surface area (Å²) in [6, 6.07) is 10.0. The summed E-state index contributed by atoms with van der Waals surface area (Å²) in [4.78, 5) is 3.91. The first kappa shape index (κ1) is 16.2. The van der Waals surface area contributed by atoms with Gasteiger partial charge in [-0.1, -0.05) is 17.7 Å². The zero-order valence-electron chi connectivity index (χ0n) is 12.2. The molecule has 0 saturated heterocycles. The zero-order chi connectivity index (χ0) is 16.9. The molecule has 0 bridgehead atoms. The molecule has 0 fully saturated rings. The molecule has 1 aromatic carbocycles. The van der Waals surface area contributed by atoms with Gasteiger partial charge in [0.15, 0.2) is 16.7 Å². The second-order valence-corrected chi connectivity index (χ2v) is 5.83. The molecule has 3 aromatic rings. The molecular weight excluding hydrogens is 351 g/mol. The van der Waals surface area contributed by atoms with E-state index >= 15 is 0 Å². The van der Waals surface area contributed by atoms with Gasteiger partial charge >= 0.3 is 0 Å². The van der Waals surface area contributed by atoms with Crippen LogP contribution in [0.15, 0.2) is 42.7 Å². The molecule has 5 nitrogen and oxygen atoms in total. The molecule has 0 atom stereocenters. The smallest absolute Gasteiger partial charge is 0.166 e. The predicted octanol–water partition coefficient (Wildman–Crippen LogP) is 4.61. The van der Waals surface area contributed by atoms with Crippen LogP contribution in [0.3, 0.4) is 0 Å². The number of hydrogen-bond donors (Lipinski definition) is 1. The van der Waals surface area contributed by atoms with Crippen LogP contribution < -0.4 is 10.1 Å². The average Bonchev–Trinajstić information content (AvgIpc) is 2.96. The Labute approximate surface area is 146 Å². The monoisotopic (exact) mass is 360 g/mol. The number of nitrogens with zero attached hydrogens (tertiary/aromatic N) is 3. The standard InChI is InChI=1S/C16H10ClFN4OS/c17-15-12(7-19)16(24-22-15)21-8-10-3-4-14(13(18)6-10)23-11-2-1-5-20-9-11/h1-6,9,21H,8H2. The van der Waals surface area contributed by atoms with Crippen molar-refractivity contribution in [2.24, 2.45) is 0 Å². The second kappa shape index (κ2) is 7.25. The van der Waals surface area contributed by atoms with Gasteiger partial charge in [-0.3, -0.25) is 4.98 Å². The summed E-state index contributed by atoms with van der Waals surface area (Å²) in [5, 5.41) is 12.8. The van der Waals surface area contributed by atoms with Gasteiger partial charge in [0, 0.05) is 12.7 Å². The lowest BCUT2D eigenvalue weighted by Gasteiger charge is -2.09. The minimum Gasteiger partial charge on any atom is -0.453 e. The van der Waals surface area contributed by atoms with E-state index < -0.39 is 5.82 Å². The average molecular weight is 361 g/mol. The molecule has 0 amide bonds. The van der Waals surface area contributed by atoms with Crippen molar-refractivity contribution in [1.82, 2.24) is 9.36 Å². The molecule has 0 unspecified atom stereocenters. The fraction of sp³-hybridized carbons (Fsp3) is 0.0625. The van der Waals surface area contributed by atoms with Crippen LogP contribution in [0, 0.1) is 17.1 Å². The number of halogens is 2. The van der Waals surface area contributed by atoms with E-state index in [0.717, 1.165) is 11.5 Å². The van der Waals surface area contributed by atoms with E-state index in [9.17, 15) is 4.39 Å². The lowest BCUT2D eigenvalue weighted by Crippen LogP contribution is -2.00. The molecule has 0 spiro atoms. The van der Waals surface area contributed by atoms with Crippen molar-refractivity contribution >= 4 is 28.1 Å². The van der Waals surface area contributed by atoms with Crippen LogP contribution >= 0.6 is 23.1 Å². The van der Waals surface area contributed by atoms with Crippen molar-refractivity contribution in [3.63, 3.8) is 0 Å². The van der Waals surface area contributed by atoms with Gasteiger partial charge in [-0.2, -0.15) is 9.64 Å². The van der Waals surface area contributed by atoms with Gasteiger partial charge in [0.1, 0.15) is 22.4 Å². The van der Waals surface area contributed by atoms with E-state index in [2.05, 4.69) is 14.7 Å². The third kappa shape index (κ3) is 3.62. The van der Waals surface area contributed by atoms with Crippen molar-refractivity contribution in [3.05, 3.63) is 64.8 Å². The number of benzene rings is 1. The molecule has 2 aromatic heterocycles. The van der Waals surface area contributed by atoms with Gasteiger partial charge < -0.3 is 10.1 Å². The Balaban J connectivity index is 1.70. The summed E-state index contributed by atoms with van der Waals surface area (Å²) in [5.41, 5.74) is 0.984. The van der Waals surface area contributed by atoms with Gasteiger partial charge in [-0.05, 0) is 41.4 Å². The Morgan fingerprint density at radius 1 is 1.38 bits per heavy atom. The van der Waals surface area contributed by atoms with Crippen molar-refractivity contribution in [1.29, 1.82) is 5.26 Å². The highest BCUT2D eigenvalue weighted by Gasteiger charge is 2.12. The first-order valence-electron chi connectivity index (χ1n) is 6.83. The zero-order valence-corrected chi connectivity index (χ0v) is 13.7. The Morgan fingerprint density at radius 3 is 2.96 bits per heavy atom. The Hall–Kier alpha value is -2.69. The van der Waals surface area contributed by atoms with Crippen LogP contribution in [-0.2, 0) is 6.54 Å². The molecule has 2 heterocycles. The highest BCUT2D eigenvalue weighted by molar-refractivity contribution is 7.10. The molecule has 120 valence electrons. The lowest BCUT2D eigenvalue weighted by atomic mass is 10.2. The number of rotatable bonds is 5. The van der Waals surface area contributed by atoms with Crippen LogP contribution in [0.2, 0.25) is 5.15 Å². The van der Waals surface area contributed by atoms with Crippen molar-refractivity contribution in [2.45, 2.75) is 6.54 Å². The summed E-state index contributed by atoms with van der Waals surface area (Å²) in [7, 11) is 0. The van der Waals surface area contributed by atoms with Crippen LogP contribution in [0.4, 0.5) is 9.39 Å². The molecule has 0 aliphatic carbocycles. The fourth-order valence-corrected chi connectivity index (χ4v) is 2.87. The summed E-state index contributed by atoms with van der Waals surface area (Å²) < 4.78 is 23.5. The number of nitriles is 1. The molecule has 0 aliphatic rings. The Kier molecular flexibility index (Phi) is 4.89. The van der Waals surface area contributed by atoms with E-state index in [0.29, 0.717) is 28.4 Å². The molecule has 3 rings (SSSR count). The largest absolute Gasteiger partial charge is 0.453 e. The van der Waals surface area contributed by atoms with Gasteiger partial charge in [0.25, 0.3) is 0 Å². The number of anilines is 1. The van der Waals surface area contributed by atoms with Gasteiger partial charge in [0.05, 0.1) is 6.20 Å². The molecule has 0 aliphatic heterocycles. The molecule has 1 N–H and O–H groups in total. The Bertz CT molecular complexity index is 895. The van der Waals surface area contributed by atoms with Gasteiger partial charge in [-0.15, -0.1) is 0 Å². The lowest BCUT2D eigenvalue weighted by molar-refractivity contribution is 0.440. The van der Waals surface area contributed by atoms with Gasteiger partial charge in [0.2, 0.25) is 0 Å². The predicted molar refractivity (Wildman–Crippen MR) is 89.9 cm³/mol. The third-order valence-electron chi connectivity index (χ3n) is 3.07. The first-order valence-corrected chi connectivity index (χ1v) is 7.98. The maximum absolute atomic E-state index is 14.2. The third-order valence-corrected chi connectivity index (χ3v) is 4.25. The maximum atomic E-state index is 14.2. The maximum Gasteiger partial charge on any atom is 0.166 e. The summed E-state index contributed by atoms with van der Waals surface area (Å²) in [6.45, 7) is 0.331. The number of ether oxygens (including phenoxy) is 1. The number of nitrogens with one attached hydrogen (secondary N) is 1. The SMILES string of the molecule is N#Cc1c(Cl)nsc1NCc1ccc(Oc2cccnc2)c(F)c1. The fourth-order valence-electron chi connectivity index (χ4n) is 1.94. The van der Waals surface area contributed by atoms with E-state index in [4.69, 9.17) is 21.6 Å². The number of pyridine rings is 1. The van der Waals surface area contributed by atoms with E-state index in [-0.39, 0.29) is 10.9 Å². The first-order chi connectivity index (χ1) is 11.7. The second-order valence-electron chi connectivity index (χ2n) is 4.70.